The Hall–Kier alpha value is -2.00. The lowest BCUT2D eigenvalue weighted by Crippen LogP contribution is -2.51. The van der Waals surface area contributed by atoms with E-state index in [0.717, 1.165) is 18.4 Å². The summed E-state index contributed by atoms with van der Waals surface area (Å²) in [7, 11) is -3.20. The third kappa shape index (κ3) is 6.49. The molecule has 1 atom stereocenters. The van der Waals surface area contributed by atoms with Gasteiger partial charge in [-0.3, -0.25) is 9.59 Å². The Morgan fingerprint density at radius 3 is 2.42 bits per heavy atom. The van der Waals surface area contributed by atoms with Crippen LogP contribution in [-0.4, -0.2) is 67.4 Å². The number of hydrogen-bond donors (Lipinski definition) is 1. The average molecular weight is 454 g/mol. The summed E-state index contributed by atoms with van der Waals surface area (Å²) < 4.78 is 39.0. The van der Waals surface area contributed by atoms with Crippen LogP contribution in [0.15, 0.2) is 24.3 Å². The minimum absolute atomic E-state index is 0.0362. The number of carbonyl (C=O) groups is 2. The highest BCUT2D eigenvalue weighted by Crippen LogP contribution is 2.20. The van der Waals surface area contributed by atoms with Crippen LogP contribution in [0.1, 0.15) is 44.6 Å². The molecule has 2 aliphatic heterocycles. The minimum Gasteiger partial charge on any atom is -0.353 e. The van der Waals surface area contributed by atoms with E-state index in [4.69, 9.17) is 0 Å². The van der Waals surface area contributed by atoms with Crippen molar-refractivity contribution in [3.05, 3.63) is 35.6 Å². The summed E-state index contributed by atoms with van der Waals surface area (Å²) in [5.41, 5.74) is 0.753. The molecule has 1 unspecified atom stereocenters. The molecule has 2 amide bonds. The van der Waals surface area contributed by atoms with Crippen molar-refractivity contribution in [2.45, 2.75) is 51.5 Å². The molecule has 3 rings (SSSR count). The molecule has 2 heterocycles. The first-order chi connectivity index (χ1) is 14.8. The molecule has 9 heteroatoms. The van der Waals surface area contributed by atoms with Gasteiger partial charge in [-0.1, -0.05) is 19.1 Å². The summed E-state index contributed by atoms with van der Waals surface area (Å²) in [6, 6.07) is 5.86. The molecule has 0 aromatic heterocycles. The second kappa shape index (κ2) is 10.5. The fourth-order valence-corrected chi connectivity index (χ4v) is 5.83. The van der Waals surface area contributed by atoms with Gasteiger partial charge in [0.1, 0.15) is 5.82 Å². The number of carbonyl (C=O) groups excluding carboxylic acids is 2. The van der Waals surface area contributed by atoms with Crippen molar-refractivity contribution < 1.29 is 22.4 Å². The van der Waals surface area contributed by atoms with E-state index in [9.17, 15) is 22.4 Å². The second-order valence-corrected chi connectivity index (χ2v) is 10.6. The van der Waals surface area contributed by atoms with Crippen LogP contribution < -0.4 is 5.32 Å². The van der Waals surface area contributed by atoms with Gasteiger partial charge in [0.25, 0.3) is 0 Å². The average Bonchev–Trinajstić information content (AvgIpc) is 2.76. The van der Waals surface area contributed by atoms with Crippen molar-refractivity contribution in [2.24, 2.45) is 5.92 Å². The van der Waals surface area contributed by atoms with E-state index in [1.807, 2.05) is 6.92 Å². The lowest BCUT2D eigenvalue weighted by atomic mass is 9.95. The van der Waals surface area contributed by atoms with Gasteiger partial charge in [0, 0.05) is 32.2 Å². The number of rotatable bonds is 7. The zero-order valence-electron chi connectivity index (χ0n) is 18.1. The maximum atomic E-state index is 13.1. The number of hydrogen-bond acceptors (Lipinski definition) is 4. The quantitative estimate of drug-likeness (QED) is 0.684. The van der Waals surface area contributed by atoms with Crippen molar-refractivity contribution in [3.8, 4) is 0 Å². The number of sulfonamides is 1. The van der Waals surface area contributed by atoms with E-state index < -0.39 is 10.0 Å². The Morgan fingerprint density at radius 1 is 1.10 bits per heavy atom. The molecule has 172 valence electrons. The summed E-state index contributed by atoms with van der Waals surface area (Å²) in [5, 5.41) is 3.07. The maximum Gasteiger partial charge on any atom is 0.227 e. The Balaban J connectivity index is 1.47. The summed E-state index contributed by atoms with van der Waals surface area (Å²) in [4.78, 5) is 27.1. The van der Waals surface area contributed by atoms with E-state index in [0.29, 0.717) is 45.4 Å². The van der Waals surface area contributed by atoms with Gasteiger partial charge >= 0.3 is 0 Å². The van der Waals surface area contributed by atoms with Gasteiger partial charge < -0.3 is 10.2 Å². The van der Waals surface area contributed by atoms with E-state index in [-0.39, 0.29) is 41.8 Å². The van der Waals surface area contributed by atoms with Crippen LogP contribution in [-0.2, 0) is 26.0 Å². The molecule has 2 saturated heterocycles. The summed E-state index contributed by atoms with van der Waals surface area (Å²) >= 11 is 0. The van der Waals surface area contributed by atoms with Crippen molar-refractivity contribution in [3.63, 3.8) is 0 Å². The van der Waals surface area contributed by atoms with Crippen LogP contribution >= 0.6 is 0 Å². The lowest BCUT2D eigenvalue weighted by Gasteiger charge is -2.35. The summed E-state index contributed by atoms with van der Waals surface area (Å²) in [6.07, 6.45) is 3.50. The highest BCUT2D eigenvalue weighted by atomic mass is 32.2. The zero-order chi connectivity index (χ0) is 22.4. The van der Waals surface area contributed by atoms with Crippen LogP contribution in [0.5, 0.6) is 0 Å². The van der Waals surface area contributed by atoms with Crippen molar-refractivity contribution in [1.82, 2.24) is 14.5 Å². The first kappa shape index (κ1) is 23.7. The molecule has 0 aliphatic carbocycles. The molecule has 1 N–H and O–H groups in total. The predicted octanol–water partition coefficient (Wildman–Crippen LogP) is 1.93. The molecule has 0 saturated carbocycles. The van der Waals surface area contributed by atoms with Crippen LogP contribution in [0.25, 0.3) is 0 Å². The number of likely N-dealkylation sites (tertiary alicyclic amines) is 1. The number of halogens is 1. The molecule has 1 aromatic rings. The molecule has 0 radical (unpaired) electrons. The molecule has 2 aliphatic rings. The molecular weight excluding hydrogens is 421 g/mol. The predicted molar refractivity (Wildman–Crippen MR) is 116 cm³/mol. The number of nitrogens with one attached hydrogen (secondary N) is 1. The maximum absolute atomic E-state index is 13.1. The Morgan fingerprint density at radius 2 is 1.77 bits per heavy atom. The first-order valence-electron chi connectivity index (χ1n) is 11.1. The fraction of sp³-hybridized carbons (Fsp3) is 0.636. The highest BCUT2D eigenvalue weighted by Gasteiger charge is 2.32. The molecular formula is C22H32FN3O4S. The SMILES string of the molecule is CCCS(=O)(=O)N1CCC(NC(=O)C2CCCN(C(=O)Cc3ccc(F)cc3)C2)CC1. The standard InChI is InChI=1S/C22H32FN3O4S/c1-2-14-31(29,30)26-12-9-20(10-13-26)24-22(28)18-4-3-11-25(16-18)21(27)15-17-5-7-19(23)8-6-17/h5-8,18,20H,2-4,9-16H2,1H3,(H,24,28). The second-order valence-electron chi connectivity index (χ2n) is 8.48. The number of nitrogens with zero attached hydrogens (tertiary/aromatic N) is 2. The van der Waals surface area contributed by atoms with E-state index in [2.05, 4.69) is 5.32 Å². The topological polar surface area (TPSA) is 86.8 Å². The van der Waals surface area contributed by atoms with Gasteiger partial charge in [0.15, 0.2) is 0 Å². The molecule has 0 spiro atoms. The third-order valence-corrected chi connectivity index (χ3v) is 8.15. The van der Waals surface area contributed by atoms with Crippen LogP contribution in [0, 0.1) is 11.7 Å². The van der Waals surface area contributed by atoms with Crippen molar-refractivity contribution in [2.75, 3.05) is 31.9 Å². The third-order valence-electron chi connectivity index (χ3n) is 6.07. The molecule has 0 bridgehead atoms. The molecule has 31 heavy (non-hydrogen) atoms. The van der Waals surface area contributed by atoms with E-state index >= 15 is 0 Å². The number of amides is 2. The summed E-state index contributed by atoms with van der Waals surface area (Å²) in [6.45, 7) is 3.72. The van der Waals surface area contributed by atoms with Gasteiger partial charge in [0.2, 0.25) is 21.8 Å². The summed E-state index contributed by atoms with van der Waals surface area (Å²) in [5.74, 6) is -0.548. The smallest absolute Gasteiger partial charge is 0.227 e. The minimum atomic E-state index is -3.20. The van der Waals surface area contributed by atoms with E-state index in [1.54, 1.807) is 17.0 Å². The van der Waals surface area contributed by atoms with Gasteiger partial charge in [0.05, 0.1) is 18.1 Å². The number of piperidine rings is 2. The zero-order valence-corrected chi connectivity index (χ0v) is 18.9. The van der Waals surface area contributed by atoms with Crippen LogP contribution in [0.2, 0.25) is 0 Å². The Kier molecular flexibility index (Phi) is 8.05. The Labute approximate surface area is 184 Å². The van der Waals surface area contributed by atoms with Crippen molar-refractivity contribution >= 4 is 21.8 Å². The highest BCUT2D eigenvalue weighted by molar-refractivity contribution is 7.89. The molecule has 7 nitrogen and oxygen atoms in total. The molecule has 2 fully saturated rings. The largest absolute Gasteiger partial charge is 0.353 e. The van der Waals surface area contributed by atoms with Gasteiger partial charge in [-0.15, -0.1) is 0 Å². The number of benzene rings is 1. The first-order valence-corrected chi connectivity index (χ1v) is 12.7. The molecule has 1 aromatic carbocycles. The Bertz CT molecular complexity index is 867. The fourth-order valence-electron chi connectivity index (χ4n) is 4.29. The van der Waals surface area contributed by atoms with E-state index in [1.165, 1.54) is 16.4 Å². The van der Waals surface area contributed by atoms with Crippen molar-refractivity contribution in [1.29, 1.82) is 0 Å². The van der Waals surface area contributed by atoms with Gasteiger partial charge in [-0.2, -0.15) is 0 Å². The van der Waals surface area contributed by atoms with Crippen LogP contribution in [0.4, 0.5) is 4.39 Å². The lowest BCUT2D eigenvalue weighted by molar-refractivity contribution is -0.135. The van der Waals surface area contributed by atoms with Gasteiger partial charge in [-0.25, -0.2) is 17.1 Å². The van der Waals surface area contributed by atoms with Gasteiger partial charge in [-0.05, 0) is 49.8 Å². The normalized spacial score (nSPS) is 21.1. The monoisotopic (exact) mass is 453 g/mol. The van der Waals surface area contributed by atoms with Crippen LogP contribution in [0.3, 0.4) is 0 Å².